The first-order valence-electron chi connectivity index (χ1n) is 9.67. The smallest absolute Gasteiger partial charge is 0.262 e. The minimum absolute atomic E-state index is 0.0357. The Bertz CT molecular complexity index is 968. The Hall–Kier alpha value is -2.32. The standard InChI is InChI=1S/C20H25ClN4O3S/c1-2-10-23-20(26)15-6-5-12-25(14-15)19-18(9-4-11-22-19)24-29(27,28)17-8-3-7-16(21)13-17/h3-4,7-9,11,13,15,24H,2,5-6,10,12,14H2,1H3,(H,23,26). The number of hydrogen-bond acceptors (Lipinski definition) is 5. The van der Waals surface area contributed by atoms with Gasteiger partial charge in [0.2, 0.25) is 5.91 Å². The average Bonchev–Trinajstić information content (AvgIpc) is 2.72. The molecule has 156 valence electrons. The fourth-order valence-corrected chi connectivity index (χ4v) is 4.70. The second-order valence-corrected chi connectivity index (χ2v) is 9.13. The van der Waals surface area contributed by atoms with Crippen LogP contribution in [0.15, 0.2) is 47.5 Å². The fourth-order valence-electron chi connectivity index (χ4n) is 3.34. The molecular weight excluding hydrogens is 412 g/mol. The maximum Gasteiger partial charge on any atom is 0.262 e. The quantitative estimate of drug-likeness (QED) is 0.695. The predicted molar refractivity (Wildman–Crippen MR) is 115 cm³/mol. The van der Waals surface area contributed by atoms with E-state index in [9.17, 15) is 13.2 Å². The zero-order valence-corrected chi connectivity index (χ0v) is 17.8. The van der Waals surface area contributed by atoms with Gasteiger partial charge in [-0.2, -0.15) is 0 Å². The van der Waals surface area contributed by atoms with Gasteiger partial charge in [0.25, 0.3) is 10.0 Å². The highest BCUT2D eigenvalue weighted by atomic mass is 35.5. The summed E-state index contributed by atoms with van der Waals surface area (Å²) in [4.78, 5) is 18.8. The van der Waals surface area contributed by atoms with Crippen LogP contribution in [0.5, 0.6) is 0 Å². The molecule has 1 aliphatic heterocycles. The Kier molecular flexibility index (Phi) is 6.97. The van der Waals surface area contributed by atoms with Crippen molar-refractivity contribution in [3.05, 3.63) is 47.6 Å². The van der Waals surface area contributed by atoms with E-state index >= 15 is 0 Å². The van der Waals surface area contributed by atoms with Crippen LogP contribution >= 0.6 is 11.6 Å². The minimum atomic E-state index is -3.82. The zero-order valence-electron chi connectivity index (χ0n) is 16.3. The molecule has 2 N–H and O–H groups in total. The molecule has 1 amide bonds. The van der Waals surface area contributed by atoms with E-state index in [4.69, 9.17) is 11.6 Å². The average molecular weight is 437 g/mol. The monoisotopic (exact) mass is 436 g/mol. The van der Waals surface area contributed by atoms with Crippen molar-refractivity contribution in [3.8, 4) is 0 Å². The molecule has 0 bridgehead atoms. The number of anilines is 2. The number of nitrogens with one attached hydrogen (secondary N) is 2. The van der Waals surface area contributed by atoms with Crippen LogP contribution in [-0.2, 0) is 14.8 Å². The molecule has 3 rings (SSSR count). The number of sulfonamides is 1. The lowest BCUT2D eigenvalue weighted by Crippen LogP contribution is -2.43. The highest BCUT2D eigenvalue weighted by molar-refractivity contribution is 7.92. The van der Waals surface area contributed by atoms with E-state index < -0.39 is 10.0 Å². The van der Waals surface area contributed by atoms with Gasteiger partial charge in [0.15, 0.2) is 5.82 Å². The Labute approximate surface area is 176 Å². The number of pyridine rings is 1. The van der Waals surface area contributed by atoms with Crippen LogP contribution in [0.3, 0.4) is 0 Å². The molecule has 9 heteroatoms. The van der Waals surface area contributed by atoms with Crippen LogP contribution in [0.2, 0.25) is 5.02 Å². The molecule has 2 aromatic rings. The number of benzene rings is 1. The van der Waals surface area contributed by atoms with E-state index in [2.05, 4.69) is 15.0 Å². The van der Waals surface area contributed by atoms with Crippen molar-refractivity contribution in [1.82, 2.24) is 10.3 Å². The second kappa shape index (κ2) is 9.45. The summed E-state index contributed by atoms with van der Waals surface area (Å²) in [6.45, 7) is 3.88. The van der Waals surface area contributed by atoms with Gasteiger partial charge in [-0.1, -0.05) is 24.6 Å². The predicted octanol–water partition coefficient (Wildman–Crippen LogP) is 3.28. The van der Waals surface area contributed by atoms with E-state index in [-0.39, 0.29) is 16.7 Å². The molecule has 2 heterocycles. The van der Waals surface area contributed by atoms with Crippen molar-refractivity contribution in [2.24, 2.45) is 5.92 Å². The first-order valence-corrected chi connectivity index (χ1v) is 11.5. The Morgan fingerprint density at radius 2 is 2.14 bits per heavy atom. The first kappa shape index (κ1) is 21.4. The van der Waals surface area contributed by atoms with Gasteiger partial charge >= 0.3 is 0 Å². The third kappa shape index (κ3) is 5.39. The summed E-state index contributed by atoms with van der Waals surface area (Å²) in [6.07, 6.45) is 4.15. The highest BCUT2D eigenvalue weighted by Gasteiger charge is 2.28. The number of hydrogen-bond donors (Lipinski definition) is 2. The van der Waals surface area contributed by atoms with Gasteiger partial charge in [-0.25, -0.2) is 13.4 Å². The van der Waals surface area contributed by atoms with Crippen molar-refractivity contribution in [2.75, 3.05) is 29.3 Å². The van der Waals surface area contributed by atoms with E-state index in [0.29, 0.717) is 36.2 Å². The largest absolute Gasteiger partial charge is 0.356 e. The van der Waals surface area contributed by atoms with Crippen LogP contribution in [0.4, 0.5) is 11.5 Å². The maximum absolute atomic E-state index is 12.8. The van der Waals surface area contributed by atoms with Crippen molar-refractivity contribution in [2.45, 2.75) is 31.1 Å². The zero-order chi connectivity index (χ0) is 20.9. The number of aromatic nitrogens is 1. The third-order valence-corrected chi connectivity index (χ3v) is 6.38. The Balaban J connectivity index is 1.81. The SMILES string of the molecule is CCCNC(=O)C1CCCN(c2ncccc2NS(=O)(=O)c2cccc(Cl)c2)C1. The van der Waals surface area contributed by atoms with Crippen molar-refractivity contribution in [3.63, 3.8) is 0 Å². The lowest BCUT2D eigenvalue weighted by Gasteiger charge is -2.33. The van der Waals surface area contributed by atoms with Crippen LogP contribution in [0, 0.1) is 5.92 Å². The van der Waals surface area contributed by atoms with Crippen molar-refractivity contribution < 1.29 is 13.2 Å². The minimum Gasteiger partial charge on any atom is -0.356 e. The number of nitrogens with zero attached hydrogens (tertiary/aromatic N) is 2. The second-order valence-electron chi connectivity index (χ2n) is 7.01. The molecule has 1 unspecified atom stereocenters. The van der Waals surface area contributed by atoms with Crippen LogP contribution < -0.4 is 14.9 Å². The molecule has 1 atom stereocenters. The Morgan fingerprint density at radius 1 is 1.31 bits per heavy atom. The maximum atomic E-state index is 12.8. The number of amides is 1. The molecule has 0 saturated carbocycles. The van der Waals surface area contributed by atoms with Crippen LogP contribution in [0.1, 0.15) is 26.2 Å². The van der Waals surface area contributed by atoms with Gasteiger partial charge in [0.1, 0.15) is 0 Å². The van der Waals surface area contributed by atoms with Crippen molar-refractivity contribution in [1.29, 1.82) is 0 Å². The molecule has 1 fully saturated rings. The van der Waals surface area contributed by atoms with Gasteiger partial charge in [0, 0.05) is 30.9 Å². The number of rotatable bonds is 7. The molecule has 1 aromatic heterocycles. The summed E-state index contributed by atoms with van der Waals surface area (Å²) in [5.41, 5.74) is 0.377. The summed E-state index contributed by atoms with van der Waals surface area (Å²) in [5.74, 6) is 0.411. The third-order valence-electron chi connectivity index (χ3n) is 4.78. The van der Waals surface area contributed by atoms with Gasteiger partial charge in [-0.05, 0) is 49.6 Å². The van der Waals surface area contributed by atoms with Gasteiger partial charge in [-0.15, -0.1) is 0 Å². The lowest BCUT2D eigenvalue weighted by atomic mass is 9.97. The summed E-state index contributed by atoms with van der Waals surface area (Å²) >= 11 is 5.94. The number of halogens is 1. The lowest BCUT2D eigenvalue weighted by molar-refractivity contribution is -0.125. The fraction of sp³-hybridized carbons (Fsp3) is 0.400. The van der Waals surface area contributed by atoms with Gasteiger partial charge in [-0.3, -0.25) is 9.52 Å². The normalized spacial score (nSPS) is 17.0. The van der Waals surface area contributed by atoms with Gasteiger partial charge < -0.3 is 10.2 Å². The summed E-state index contributed by atoms with van der Waals surface area (Å²) in [7, 11) is -3.82. The van der Waals surface area contributed by atoms with E-state index in [1.54, 1.807) is 30.5 Å². The van der Waals surface area contributed by atoms with Gasteiger partial charge in [0.05, 0.1) is 16.5 Å². The number of carbonyl (C=O) groups is 1. The number of piperidine rings is 1. The molecule has 7 nitrogen and oxygen atoms in total. The van der Waals surface area contributed by atoms with Crippen molar-refractivity contribution >= 4 is 39.0 Å². The first-order chi connectivity index (χ1) is 13.9. The van der Waals surface area contributed by atoms with Crippen LogP contribution in [-0.4, -0.2) is 38.9 Å². The molecule has 0 radical (unpaired) electrons. The molecule has 29 heavy (non-hydrogen) atoms. The van der Waals surface area contributed by atoms with E-state index in [0.717, 1.165) is 19.3 Å². The highest BCUT2D eigenvalue weighted by Crippen LogP contribution is 2.30. The molecule has 0 spiro atoms. The molecule has 0 aliphatic carbocycles. The summed E-state index contributed by atoms with van der Waals surface area (Å²) < 4.78 is 28.2. The van der Waals surface area contributed by atoms with E-state index in [1.165, 1.54) is 12.1 Å². The summed E-state index contributed by atoms with van der Waals surface area (Å²) in [5, 5.41) is 3.29. The summed E-state index contributed by atoms with van der Waals surface area (Å²) in [6, 6.07) is 9.44. The Morgan fingerprint density at radius 3 is 2.90 bits per heavy atom. The molecular formula is C20H25ClN4O3S. The van der Waals surface area contributed by atoms with E-state index in [1.807, 2.05) is 11.8 Å². The topological polar surface area (TPSA) is 91.4 Å². The molecule has 1 aromatic carbocycles. The molecule has 1 aliphatic rings. The van der Waals surface area contributed by atoms with Crippen LogP contribution in [0.25, 0.3) is 0 Å². The number of carbonyl (C=O) groups excluding carboxylic acids is 1. The molecule has 1 saturated heterocycles.